The molecule has 1 aromatic carbocycles. The van der Waals surface area contributed by atoms with Gasteiger partial charge in [-0.15, -0.1) is 6.58 Å². The van der Waals surface area contributed by atoms with Crippen LogP contribution in [0.3, 0.4) is 0 Å². The van der Waals surface area contributed by atoms with Gasteiger partial charge >= 0.3 is 6.09 Å². The van der Waals surface area contributed by atoms with Crippen molar-refractivity contribution in [3.05, 3.63) is 48.6 Å². The number of rotatable bonds is 13. The molecule has 5 nitrogen and oxygen atoms in total. The van der Waals surface area contributed by atoms with Gasteiger partial charge in [-0.1, -0.05) is 68.5 Å². The molecule has 1 amide bonds. The van der Waals surface area contributed by atoms with Crippen molar-refractivity contribution in [1.82, 2.24) is 4.90 Å². The number of carbonyl (C=O) groups is 2. The molecule has 2 fully saturated rings. The Labute approximate surface area is 193 Å². The molecular weight excluding hydrogens is 402 g/mol. The van der Waals surface area contributed by atoms with E-state index in [4.69, 9.17) is 9.47 Å². The SMILES string of the molecule is C=CCCCCCCCCCC(=O)C1CC2COCC(C1)N2C(=O)OCc1ccccc1. The van der Waals surface area contributed by atoms with Gasteiger partial charge in [-0.3, -0.25) is 9.69 Å². The zero-order chi connectivity index (χ0) is 22.6. The maximum atomic E-state index is 12.8. The first-order valence-corrected chi connectivity index (χ1v) is 12.4. The van der Waals surface area contributed by atoms with Crippen LogP contribution in [-0.4, -0.2) is 42.1 Å². The highest BCUT2D eigenvalue weighted by molar-refractivity contribution is 5.81. The van der Waals surface area contributed by atoms with Gasteiger partial charge in [-0.05, 0) is 37.7 Å². The number of carbonyl (C=O) groups excluding carboxylic acids is 2. The van der Waals surface area contributed by atoms with E-state index < -0.39 is 0 Å². The second kappa shape index (κ2) is 13.4. The number of morpholine rings is 1. The number of fused-ring (bicyclic) bond motifs is 2. The number of hydrogen-bond donors (Lipinski definition) is 0. The average molecular weight is 442 g/mol. The molecule has 2 saturated heterocycles. The minimum absolute atomic E-state index is 0.0472. The Morgan fingerprint density at radius 2 is 1.59 bits per heavy atom. The number of allylic oxidation sites excluding steroid dienone is 1. The molecule has 5 heteroatoms. The molecule has 0 saturated carbocycles. The number of benzene rings is 1. The second-order valence-corrected chi connectivity index (χ2v) is 9.23. The maximum absolute atomic E-state index is 12.8. The molecule has 2 aliphatic rings. The monoisotopic (exact) mass is 441 g/mol. The molecule has 0 radical (unpaired) electrons. The van der Waals surface area contributed by atoms with Crippen LogP contribution in [0.4, 0.5) is 4.79 Å². The molecule has 3 rings (SSSR count). The fourth-order valence-corrected chi connectivity index (χ4v) is 4.95. The first kappa shape index (κ1) is 24.5. The van der Waals surface area contributed by atoms with E-state index in [0.29, 0.717) is 38.3 Å². The number of ether oxygens (including phenoxy) is 2. The summed E-state index contributed by atoms with van der Waals surface area (Å²) in [6.07, 6.45) is 13.3. The number of ketones is 1. The summed E-state index contributed by atoms with van der Waals surface area (Å²) >= 11 is 0. The summed E-state index contributed by atoms with van der Waals surface area (Å²) in [7, 11) is 0. The lowest BCUT2D eigenvalue weighted by Crippen LogP contribution is -2.59. The van der Waals surface area contributed by atoms with Crippen molar-refractivity contribution in [2.75, 3.05) is 13.2 Å². The van der Waals surface area contributed by atoms with Crippen LogP contribution in [0.5, 0.6) is 0 Å². The van der Waals surface area contributed by atoms with Gasteiger partial charge in [0.2, 0.25) is 0 Å². The first-order valence-electron chi connectivity index (χ1n) is 12.4. The van der Waals surface area contributed by atoms with Gasteiger partial charge in [0.15, 0.2) is 0 Å². The van der Waals surface area contributed by atoms with Gasteiger partial charge in [-0.2, -0.15) is 0 Å². The summed E-state index contributed by atoms with van der Waals surface area (Å²) < 4.78 is 11.3. The van der Waals surface area contributed by atoms with Gasteiger partial charge in [-0.25, -0.2) is 4.79 Å². The number of Topliss-reactive ketones (excluding diaryl/α,β-unsaturated/α-hetero) is 1. The number of hydrogen-bond acceptors (Lipinski definition) is 4. The molecule has 0 N–H and O–H groups in total. The third-order valence-electron chi connectivity index (χ3n) is 6.72. The molecular formula is C27H39NO4. The van der Waals surface area contributed by atoms with Gasteiger partial charge in [0.05, 0.1) is 25.3 Å². The van der Waals surface area contributed by atoms with Crippen LogP contribution in [0.15, 0.2) is 43.0 Å². The Kier molecular flexibility index (Phi) is 10.3. The zero-order valence-electron chi connectivity index (χ0n) is 19.4. The Morgan fingerprint density at radius 1 is 0.969 bits per heavy atom. The fourth-order valence-electron chi connectivity index (χ4n) is 4.95. The molecule has 0 aromatic heterocycles. The summed E-state index contributed by atoms with van der Waals surface area (Å²) in [5.41, 5.74) is 0.976. The van der Waals surface area contributed by atoms with Crippen LogP contribution in [0.25, 0.3) is 0 Å². The molecule has 176 valence electrons. The van der Waals surface area contributed by atoms with E-state index in [0.717, 1.165) is 24.8 Å². The third kappa shape index (κ3) is 7.47. The minimum atomic E-state index is -0.286. The summed E-state index contributed by atoms with van der Waals surface area (Å²) in [6, 6.07) is 9.60. The van der Waals surface area contributed by atoms with Gasteiger partial charge in [0.25, 0.3) is 0 Å². The van der Waals surface area contributed by atoms with E-state index in [1.54, 1.807) is 0 Å². The summed E-state index contributed by atoms with van der Waals surface area (Å²) in [5, 5.41) is 0. The van der Waals surface area contributed by atoms with Crippen molar-refractivity contribution in [2.24, 2.45) is 5.92 Å². The molecule has 0 aliphatic carbocycles. The molecule has 32 heavy (non-hydrogen) atoms. The largest absolute Gasteiger partial charge is 0.445 e. The Balaban J connectivity index is 1.37. The maximum Gasteiger partial charge on any atom is 0.410 e. The van der Waals surface area contributed by atoms with Crippen LogP contribution in [0.1, 0.15) is 76.2 Å². The molecule has 2 heterocycles. The highest BCUT2D eigenvalue weighted by atomic mass is 16.6. The predicted molar refractivity (Wildman–Crippen MR) is 126 cm³/mol. The van der Waals surface area contributed by atoms with Crippen LogP contribution >= 0.6 is 0 Å². The Hall–Kier alpha value is -2.14. The van der Waals surface area contributed by atoms with Crippen molar-refractivity contribution in [2.45, 2.75) is 89.3 Å². The smallest absolute Gasteiger partial charge is 0.410 e. The average Bonchev–Trinajstić information content (AvgIpc) is 2.81. The lowest BCUT2D eigenvalue weighted by atomic mass is 9.81. The number of piperidine rings is 1. The Morgan fingerprint density at radius 3 is 2.25 bits per heavy atom. The summed E-state index contributed by atoms with van der Waals surface area (Å²) in [6.45, 7) is 5.02. The molecule has 2 atom stereocenters. The first-order chi connectivity index (χ1) is 15.7. The highest BCUT2D eigenvalue weighted by Crippen LogP contribution is 2.33. The van der Waals surface area contributed by atoms with E-state index in [9.17, 15) is 9.59 Å². The molecule has 2 aliphatic heterocycles. The third-order valence-corrected chi connectivity index (χ3v) is 6.72. The van der Waals surface area contributed by atoms with Crippen LogP contribution in [0, 0.1) is 5.92 Å². The van der Waals surface area contributed by atoms with E-state index >= 15 is 0 Å². The highest BCUT2D eigenvalue weighted by Gasteiger charge is 2.44. The lowest BCUT2D eigenvalue weighted by molar-refractivity contribution is -0.131. The number of unbranched alkanes of at least 4 members (excludes halogenated alkanes) is 7. The quantitative estimate of drug-likeness (QED) is 0.275. The summed E-state index contributed by atoms with van der Waals surface area (Å²) in [4.78, 5) is 27.4. The standard InChI is InChI=1S/C27H39NO4/c1-2-3-4-5-6-7-8-9-13-16-26(29)23-17-24-20-31-21-25(18-23)28(24)27(30)32-19-22-14-11-10-12-15-22/h2,10-12,14-15,23-25H,1,3-9,13,16-21H2. The lowest BCUT2D eigenvalue weighted by Gasteiger charge is -2.47. The number of amides is 1. The molecule has 2 unspecified atom stereocenters. The minimum Gasteiger partial charge on any atom is -0.445 e. The fraction of sp³-hybridized carbons (Fsp3) is 0.630. The normalized spacial score (nSPS) is 22.4. The molecule has 2 bridgehead atoms. The van der Waals surface area contributed by atoms with Crippen LogP contribution in [0.2, 0.25) is 0 Å². The molecule has 1 aromatic rings. The van der Waals surface area contributed by atoms with Crippen LogP contribution < -0.4 is 0 Å². The van der Waals surface area contributed by atoms with Gasteiger partial charge in [0.1, 0.15) is 12.4 Å². The van der Waals surface area contributed by atoms with Crippen molar-refractivity contribution in [3.8, 4) is 0 Å². The van der Waals surface area contributed by atoms with Crippen LogP contribution in [-0.2, 0) is 20.9 Å². The van der Waals surface area contributed by atoms with E-state index in [1.165, 1.54) is 32.1 Å². The predicted octanol–water partition coefficient (Wildman–Crippen LogP) is 6.07. The van der Waals surface area contributed by atoms with Gasteiger partial charge < -0.3 is 9.47 Å². The zero-order valence-corrected chi connectivity index (χ0v) is 19.4. The second-order valence-electron chi connectivity index (χ2n) is 9.23. The van der Waals surface area contributed by atoms with Gasteiger partial charge in [0, 0.05) is 12.3 Å². The van der Waals surface area contributed by atoms with E-state index in [2.05, 4.69) is 6.58 Å². The molecule has 0 spiro atoms. The van der Waals surface area contributed by atoms with Crippen molar-refractivity contribution in [1.29, 1.82) is 0 Å². The topological polar surface area (TPSA) is 55.8 Å². The number of nitrogens with zero attached hydrogens (tertiary/aromatic N) is 1. The van der Waals surface area contributed by atoms with E-state index in [1.807, 2.05) is 41.3 Å². The van der Waals surface area contributed by atoms with Crippen molar-refractivity contribution >= 4 is 11.9 Å². The van der Waals surface area contributed by atoms with Crippen molar-refractivity contribution in [3.63, 3.8) is 0 Å². The van der Waals surface area contributed by atoms with Crippen molar-refractivity contribution < 1.29 is 19.1 Å². The summed E-state index contributed by atoms with van der Waals surface area (Å²) in [5.74, 6) is 0.413. The Bertz CT molecular complexity index is 706. The van der Waals surface area contributed by atoms with E-state index in [-0.39, 0.29) is 30.7 Å².